The number of hydrogen-bond acceptors (Lipinski definition) is 2. The predicted molar refractivity (Wildman–Crippen MR) is 86.0 cm³/mol. The van der Waals surface area contributed by atoms with Gasteiger partial charge in [0.15, 0.2) is 0 Å². The van der Waals surface area contributed by atoms with E-state index in [1.807, 2.05) is 18.2 Å². The van der Waals surface area contributed by atoms with E-state index >= 15 is 0 Å². The van der Waals surface area contributed by atoms with Gasteiger partial charge in [-0.2, -0.15) is 0 Å². The van der Waals surface area contributed by atoms with E-state index in [1.165, 1.54) is 0 Å². The first-order valence-corrected chi connectivity index (χ1v) is 7.29. The normalized spacial score (nSPS) is 10.4. The molecule has 0 aliphatic heterocycles. The summed E-state index contributed by atoms with van der Waals surface area (Å²) in [5, 5.41) is 4.04. The van der Waals surface area contributed by atoms with Crippen LogP contribution in [0.4, 0.5) is 17.1 Å². The van der Waals surface area contributed by atoms with Crippen molar-refractivity contribution in [2.75, 3.05) is 11.1 Å². The molecule has 2 nitrogen and oxygen atoms in total. The molecule has 2 rings (SSSR count). The Hall–Kier alpha value is -0.420. The number of nitrogens with two attached hydrogens (primary N) is 1. The summed E-state index contributed by atoms with van der Waals surface area (Å²) in [4.78, 5) is 0. The molecule has 0 heterocycles. The Morgan fingerprint density at radius 2 is 1.78 bits per heavy atom. The number of nitrogens with one attached hydrogen (secondary N) is 1. The van der Waals surface area contributed by atoms with Crippen molar-refractivity contribution in [1.82, 2.24) is 0 Å². The maximum absolute atomic E-state index is 6.14. The van der Waals surface area contributed by atoms with Crippen LogP contribution in [0.5, 0.6) is 0 Å². The van der Waals surface area contributed by atoms with Gasteiger partial charge in [-0.1, -0.05) is 39.1 Å². The van der Waals surface area contributed by atoms with Crippen molar-refractivity contribution < 1.29 is 0 Å². The highest BCUT2D eigenvalue weighted by molar-refractivity contribution is 9.11. The van der Waals surface area contributed by atoms with Crippen LogP contribution in [0.3, 0.4) is 0 Å². The number of benzene rings is 2. The molecule has 0 spiro atoms. The van der Waals surface area contributed by atoms with Crippen LogP contribution < -0.4 is 11.1 Å². The first-order valence-electron chi connectivity index (χ1n) is 4.94. The molecule has 0 fully saturated rings. The Kier molecular flexibility index (Phi) is 4.43. The Morgan fingerprint density at radius 3 is 2.50 bits per heavy atom. The van der Waals surface area contributed by atoms with E-state index in [2.05, 4.69) is 37.2 Å². The largest absolute Gasteiger partial charge is 0.397 e. The molecule has 0 saturated heterocycles. The van der Waals surface area contributed by atoms with Gasteiger partial charge >= 0.3 is 0 Å². The summed E-state index contributed by atoms with van der Waals surface area (Å²) in [5.41, 5.74) is 7.88. The van der Waals surface area contributed by atoms with Gasteiger partial charge in [0, 0.05) is 8.95 Å². The molecule has 0 unspecified atom stereocenters. The van der Waals surface area contributed by atoms with Crippen LogP contribution in [0, 0.1) is 0 Å². The van der Waals surface area contributed by atoms with Crippen molar-refractivity contribution in [3.63, 3.8) is 0 Å². The highest BCUT2D eigenvalue weighted by atomic mass is 79.9. The lowest BCUT2D eigenvalue weighted by molar-refractivity contribution is 1.50. The number of rotatable bonds is 2. The Labute approximate surface area is 132 Å². The van der Waals surface area contributed by atoms with E-state index in [0.29, 0.717) is 21.4 Å². The minimum atomic E-state index is 0.406. The number of nitrogen functional groups attached to an aromatic ring is 1. The van der Waals surface area contributed by atoms with Gasteiger partial charge in [-0.3, -0.25) is 0 Å². The fourth-order valence-corrected chi connectivity index (χ4v) is 2.50. The molecule has 0 aromatic heterocycles. The van der Waals surface area contributed by atoms with E-state index in [9.17, 15) is 0 Å². The van der Waals surface area contributed by atoms with Gasteiger partial charge in [0.05, 0.1) is 27.1 Å². The lowest BCUT2D eigenvalue weighted by atomic mass is 10.2. The molecule has 2 aromatic carbocycles. The molecule has 0 aliphatic carbocycles. The standard InChI is InChI=1S/C12H8Br2Cl2N2/c13-6-1-2-7(14)10(5-6)18-12-9(17)4-3-8(15)11(12)16/h1-5,18H,17H2. The van der Waals surface area contributed by atoms with E-state index in [1.54, 1.807) is 12.1 Å². The van der Waals surface area contributed by atoms with Crippen LogP contribution in [0.1, 0.15) is 0 Å². The van der Waals surface area contributed by atoms with Crippen molar-refractivity contribution in [1.29, 1.82) is 0 Å². The van der Waals surface area contributed by atoms with Gasteiger partial charge in [0.2, 0.25) is 0 Å². The molecular formula is C12H8Br2Cl2N2. The van der Waals surface area contributed by atoms with Gasteiger partial charge in [-0.05, 0) is 46.3 Å². The second-order valence-corrected chi connectivity index (χ2v) is 6.13. The molecule has 0 saturated carbocycles. The number of hydrogen-bond donors (Lipinski definition) is 2. The van der Waals surface area contributed by atoms with Crippen LogP contribution >= 0.6 is 55.1 Å². The fourth-order valence-electron chi connectivity index (χ4n) is 1.42. The monoisotopic (exact) mass is 408 g/mol. The summed E-state index contributed by atoms with van der Waals surface area (Å²) < 4.78 is 1.85. The van der Waals surface area contributed by atoms with Crippen LogP contribution in [-0.4, -0.2) is 0 Å². The number of halogens is 4. The van der Waals surface area contributed by atoms with Gasteiger partial charge in [0.1, 0.15) is 0 Å². The van der Waals surface area contributed by atoms with Crippen molar-refractivity contribution >= 4 is 72.1 Å². The zero-order chi connectivity index (χ0) is 13.3. The first kappa shape index (κ1) is 14.0. The quantitative estimate of drug-likeness (QED) is 0.610. The fraction of sp³-hybridized carbons (Fsp3) is 0. The average Bonchev–Trinajstić information content (AvgIpc) is 2.34. The molecule has 94 valence electrons. The molecule has 6 heteroatoms. The highest BCUT2D eigenvalue weighted by Gasteiger charge is 2.10. The van der Waals surface area contributed by atoms with Gasteiger partial charge in [-0.15, -0.1) is 0 Å². The molecular weight excluding hydrogens is 403 g/mol. The SMILES string of the molecule is Nc1ccc(Cl)c(Cl)c1Nc1cc(Br)ccc1Br. The van der Waals surface area contributed by atoms with Crippen LogP contribution in [0.2, 0.25) is 10.0 Å². The summed E-state index contributed by atoms with van der Waals surface area (Å²) in [5.74, 6) is 0. The van der Waals surface area contributed by atoms with Gasteiger partial charge < -0.3 is 11.1 Å². The minimum Gasteiger partial charge on any atom is -0.397 e. The minimum absolute atomic E-state index is 0.406. The lowest BCUT2D eigenvalue weighted by Gasteiger charge is -2.13. The van der Waals surface area contributed by atoms with Crippen molar-refractivity contribution in [2.45, 2.75) is 0 Å². The van der Waals surface area contributed by atoms with Crippen LogP contribution in [0.15, 0.2) is 39.3 Å². The summed E-state index contributed by atoms with van der Waals surface area (Å²) in [6.07, 6.45) is 0. The maximum atomic E-state index is 6.14. The van der Waals surface area contributed by atoms with Gasteiger partial charge in [-0.25, -0.2) is 0 Å². The van der Waals surface area contributed by atoms with Crippen LogP contribution in [-0.2, 0) is 0 Å². The van der Waals surface area contributed by atoms with Crippen molar-refractivity contribution in [3.8, 4) is 0 Å². The Bertz CT molecular complexity index is 603. The molecule has 18 heavy (non-hydrogen) atoms. The number of anilines is 3. The van der Waals surface area contributed by atoms with E-state index in [4.69, 9.17) is 28.9 Å². The lowest BCUT2D eigenvalue weighted by Crippen LogP contribution is -1.98. The Balaban J connectivity index is 2.46. The van der Waals surface area contributed by atoms with Crippen molar-refractivity contribution in [3.05, 3.63) is 49.3 Å². The first-order chi connectivity index (χ1) is 8.49. The van der Waals surface area contributed by atoms with Gasteiger partial charge in [0.25, 0.3) is 0 Å². The van der Waals surface area contributed by atoms with E-state index in [-0.39, 0.29) is 0 Å². The molecule has 2 aromatic rings. The summed E-state index contributed by atoms with van der Waals surface area (Å²) in [6.45, 7) is 0. The third-order valence-corrected chi connectivity index (χ3v) is 4.30. The summed E-state index contributed by atoms with van der Waals surface area (Å²) >= 11 is 19.0. The Morgan fingerprint density at radius 1 is 1.06 bits per heavy atom. The second kappa shape index (κ2) is 5.70. The zero-order valence-electron chi connectivity index (χ0n) is 8.98. The maximum Gasteiger partial charge on any atom is 0.0848 e. The summed E-state index contributed by atoms with van der Waals surface area (Å²) in [6, 6.07) is 9.14. The molecule has 3 N–H and O–H groups in total. The van der Waals surface area contributed by atoms with E-state index < -0.39 is 0 Å². The summed E-state index contributed by atoms with van der Waals surface area (Å²) in [7, 11) is 0. The van der Waals surface area contributed by atoms with Crippen molar-refractivity contribution in [2.24, 2.45) is 0 Å². The van der Waals surface area contributed by atoms with E-state index in [0.717, 1.165) is 14.6 Å². The second-order valence-electron chi connectivity index (χ2n) is 3.57. The van der Waals surface area contributed by atoms with Crippen LogP contribution in [0.25, 0.3) is 0 Å². The third-order valence-electron chi connectivity index (χ3n) is 2.32. The molecule has 0 radical (unpaired) electrons. The molecule has 0 aliphatic rings. The molecule has 0 atom stereocenters. The highest BCUT2D eigenvalue weighted by Crippen LogP contribution is 2.38. The third kappa shape index (κ3) is 2.94. The average molecular weight is 411 g/mol. The smallest absolute Gasteiger partial charge is 0.0848 e. The zero-order valence-corrected chi connectivity index (χ0v) is 13.7. The predicted octanol–water partition coefficient (Wildman–Crippen LogP) is 5.84. The topological polar surface area (TPSA) is 38.0 Å². The molecule has 0 amide bonds. The molecule has 0 bridgehead atoms.